The van der Waals surface area contributed by atoms with Gasteiger partial charge in [0, 0.05) is 37.3 Å². The summed E-state index contributed by atoms with van der Waals surface area (Å²) in [6.45, 7) is 4.15. The fraction of sp³-hybridized carbons (Fsp3) is 0.333. The lowest BCUT2D eigenvalue weighted by atomic mass is 10.1. The van der Waals surface area contributed by atoms with Crippen molar-refractivity contribution in [3.05, 3.63) is 65.5 Å². The molecule has 0 atom stereocenters. The number of carbonyl (C=O) groups is 2. The molecule has 1 heterocycles. The van der Waals surface area contributed by atoms with E-state index < -0.39 is 5.82 Å². The highest BCUT2D eigenvalue weighted by Gasteiger charge is 2.24. The topological polar surface area (TPSA) is 49.9 Å². The molecule has 1 aliphatic rings. The fourth-order valence-corrected chi connectivity index (χ4v) is 3.18. The van der Waals surface area contributed by atoms with Gasteiger partial charge in [-0.15, -0.1) is 0 Å². The van der Waals surface area contributed by atoms with Crippen LogP contribution in [0, 0.1) is 5.82 Å². The van der Waals surface area contributed by atoms with E-state index >= 15 is 0 Å². The lowest BCUT2D eigenvalue weighted by Crippen LogP contribution is -2.37. The molecule has 5 nitrogen and oxygen atoms in total. The van der Waals surface area contributed by atoms with Crippen molar-refractivity contribution in [2.45, 2.75) is 13.3 Å². The Morgan fingerprint density at radius 3 is 2.15 bits per heavy atom. The second-order valence-corrected chi connectivity index (χ2v) is 6.38. The Bertz CT molecular complexity index is 810. The van der Waals surface area contributed by atoms with Gasteiger partial charge < -0.3 is 14.5 Å². The first-order chi connectivity index (χ1) is 13.1. The number of hydrogen-bond acceptors (Lipinski definition) is 3. The van der Waals surface area contributed by atoms with E-state index in [0.717, 1.165) is 0 Å². The third-order valence-corrected chi connectivity index (χ3v) is 4.57. The fourth-order valence-electron chi connectivity index (χ4n) is 3.18. The van der Waals surface area contributed by atoms with E-state index in [4.69, 9.17) is 4.74 Å². The summed E-state index contributed by atoms with van der Waals surface area (Å²) in [5.74, 6) is -0.661. The molecular weight excluding hydrogens is 347 g/mol. The molecule has 27 heavy (non-hydrogen) atoms. The van der Waals surface area contributed by atoms with Crippen molar-refractivity contribution in [3.8, 4) is 5.75 Å². The van der Waals surface area contributed by atoms with Crippen LogP contribution in [0.1, 0.15) is 34.1 Å². The van der Waals surface area contributed by atoms with Gasteiger partial charge >= 0.3 is 0 Å². The molecule has 0 aliphatic carbocycles. The summed E-state index contributed by atoms with van der Waals surface area (Å²) in [4.78, 5) is 28.8. The Hall–Kier alpha value is -2.89. The molecule has 1 aliphatic heterocycles. The van der Waals surface area contributed by atoms with Gasteiger partial charge in [-0.3, -0.25) is 9.59 Å². The SMILES string of the molecule is CCOc1ccc(C(=O)N2CCCN(C(=O)c3ccccc3)CC2)cc1F. The molecular formula is C21H23FN2O3. The van der Waals surface area contributed by atoms with Crippen LogP contribution < -0.4 is 4.74 Å². The van der Waals surface area contributed by atoms with Crippen LogP contribution in [0.25, 0.3) is 0 Å². The number of hydrogen-bond donors (Lipinski definition) is 0. The number of benzene rings is 2. The molecule has 2 aromatic rings. The van der Waals surface area contributed by atoms with Gasteiger partial charge in [0.15, 0.2) is 11.6 Å². The van der Waals surface area contributed by atoms with Gasteiger partial charge in [-0.1, -0.05) is 18.2 Å². The van der Waals surface area contributed by atoms with Gasteiger partial charge in [-0.25, -0.2) is 4.39 Å². The van der Waals surface area contributed by atoms with Crippen LogP contribution in [0.15, 0.2) is 48.5 Å². The first kappa shape index (κ1) is 18.9. The van der Waals surface area contributed by atoms with Crippen LogP contribution in [0.2, 0.25) is 0 Å². The number of amides is 2. The maximum absolute atomic E-state index is 14.1. The van der Waals surface area contributed by atoms with Crippen molar-refractivity contribution in [2.24, 2.45) is 0 Å². The summed E-state index contributed by atoms with van der Waals surface area (Å²) in [7, 11) is 0. The van der Waals surface area contributed by atoms with Crippen LogP contribution in [-0.2, 0) is 0 Å². The highest BCUT2D eigenvalue weighted by atomic mass is 19.1. The molecule has 6 heteroatoms. The minimum Gasteiger partial charge on any atom is -0.491 e. The number of ether oxygens (including phenoxy) is 1. The zero-order valence-corrected chi connectivity index (χ0v) is 15.4. The maximum Gasteiger partial charge on any atom is 0.254 e. The Kier molecular flexibility index (Phi) is 6.06. The minimum absolute atomic E-state index is 0.0305. The van der Waals surface area contributed by atoms with Crippen LogP contribution in [0.4, 0.5) is 4.39 Å². The average Bonchev–Trinajstić information content (AvgIpc) is 2.95. The predicted molar refractivity (Wildman–Crippen MR) is 100 cm³/mol. The largest absolute Gasteiger partial charge is 0.491 e. The number of carbonyl (C=O) groups excluding carboxylic acids is 2. The molecule has 142 valence electrons. The highest BCUT2D eigenvalue weighted by molar-refractivity contribution is 5.95. The maximum atomic E-state index is 14.1. The predicted octanol–water partition coefficient (Wildman–Crippen LogP) is 3.21. The highest BCUT2D eigenvalue weighted by Crippen LogP contribution is 2.20. The molecule has 0 bridgehead atoms. The molecule has 0 saturated carbocycles. The van der Waals surface area contributed by atoms with Crippen LogP contribution in [0.3, 0.4) is 0 Å². The summed E-state index contributed by atoms with van der Waals surface area (Å²) in [5, 5.41) is 0. The van der Waals surface area contributed by atoms with E-state index in [9.17, 15) is 14.0 Å². The Labute approximate surface area is 158 Å². The number of rotatable bonds is 4. The van der Waals surface area contributed by atoms with E-state index in [2.05, 4.69) is 0 Å². The van der Waals surface area contributed by atoms with Crippen molar-refractivity contribution in [1.82, 2.24) is 9.80 Å². The molecule has 2 aromatic carbocycles. The van der Waals surface area contributed by atoms with E-state index in [0.29, 0.717) is 50.3 Å². The second kappa shape index (κ2) is 8.66. The molecule has 2 amide bonds. The zero-order chi connectivity index (χ0) is 19.2. The monoisotopic (exact) mass is 370 g/mol. The minimum atomic E-state index is -0.543. The standard InChI is InChI=1S/C21H23FN2O3/c1-2-27-19-10-9-17(15-18(19)22)21(26)24-12-6-11-23(13-14-24)20(25)16-7-4-3-5-8-16/h3-5,7-10,15H,2,6,11-14H2,1H3. The first-order valence-electron chi connectivity index (χ1n) is 9.16. The Morgan fingerprint density at radius 2 is 1.56 bits per heavy atom. The average molecular weight is 370 g/mol. The van der Waals surface area contributed by atoms with Gasteiger partial charge in [-0.2, -0.15) is 0 Å². The third-order valence-electron chi connectivity index (χ3n) is 4.57. The third kappa shape index (κ3) is 4.45. The zero-order valence-electron chi connectivity index (χ0n) is 15.4. The smallest absolute Gasteiger partial charge is 0.254 e. The lowest BCUT2D eigenvalue weighted by molar-refractivity contribution is 0.0718. The normalized spacial score (nSPS) is 14.6. The summed E-state index contributed by atoms with van der Waals surface area (Å²) in [5.41, 5.74) is 0.935. The molecule has 0 radical (unpaired) electrons. The van der Waals surface area contributed by atoms with Crippen molar-refractivity contribution < 1.29 is 18.7 Å². The summed E-state index contributed by atoms with van der Waals surface area (Å²) in [6.07, 6.45) is 0.684. The number of halogens is 1. The lowest BCUT2D eigenvalue weighted by Gasteiger charge is -2.22. The van der Waals surface area contributed by atoms with Crippen molar-refractivity contribution in [2.75, 3.05) is 32.8 Å². The second-order valence-electron chi connectivity index (χ2n) is 6.38. The molecule has 1 saturated heterocycles. The van der Waals surface area contributed by atoms with Crippen molar-refractivity contribution >= 4 is 11.8 Å². The Morgan fingerprint density at radius 1 is 0.926 bits per heavy atom. The molecule has 3 rings (SSSR count). The van der Waals surface area contributed by atoms with Gasteiger partial charge in [0.2, 0.25) is 0 Å². The van der Waals surface area contributed by atoms with Crippen molar-refractivity contribution in [1.29, 1.82) is 0 Å². The quantitative estimate of drug-likeness (QED) is 0.830. The van der Waals surface area contributed by atoms with Gasteiger partial charge in [0.05, 0.1) is 6.61 Å². The van der Waals surface area contributed by atoms with Crippen LogP contribution >= 0.6 is 0 Å². The van der Waals surface area contributed by atoms with Crippen molar-refractivity contribution in [3.63, 3.8) is 0 Å². The number of nitrogens with zero attached hydrogens (tertiary/aromatic N) is 2. The van der Waals surface area contributed by atoms with Crippen LogP contribution in [-0.4, -0.2) is 54.4 Å². The Balaban J connectivity index is 1.66. The van der Waals surface area contributed by atoms with E-state index in [1.807, 2.05) is 18.2 Å². The van der Waals surface area contributed by atoms with Gasteiger partial charge in [-0.05, 0) is 43.7 Å². The van der Waals surface area contributed by atoms with E-state index in [1.54, 1.807) is 34.9 Å². The summed E-state index contributed by atoms with van der Waals surface area (Å²) < 4.78 is 19.2. The van der Waals surface area contributed by atoms with Crippen LogP contribution in [0.5, 0.6) is 5.75 Å². The van der Waals surface area contributed by atoms with E-state index in [1.165, 1.54) is 12.1 Å². The molecule has 1 fully saturated rings. The summed E-state index contributed by atoms with van der Waals surface area (Å²) in [6, 6.07) is 13.4. The molecule has 0 unspecified atom stereocenters. The van der Waals surface area contributed by atoms with E-state index in [-0.39, 0.29) is 17.6 Å². The molecule has 0 N–H and O–H groups in total. The summed E-state index contributed by atoms with van der Waals surface area (Å²) >= 11 is 0. The molecule has 0 spiro atoms. The first-order valence-corrected chi connectivity index (χ1v) is 9.16. The molecule has 0 aromatic heterocycles. The van der Waals surface area contributed by atoms with Gasteiger partial charge in [0.1, 0.15) is 0 Å². The van der Waals surface area contributed by atoms with Gasteiger partial charge in [0.25, 0.3) is 11.8 Å².